The first-order valence-corrected chi connectivity index (χ1v) is 9.82. The van der Waals surface area contributed by atoms with Crippen LogP contribution in [0, 0.1) is 0 Å². The van der Waals surface area contributed by atoms with E-state index in [2.05, 4.69) is 58.9 Å². The quantitative estimate of drug-likeness (QED) is 0.756. The second-order valence-corrected chi connectivity index (χ2v) is 7.49. The minimum absolute atomic E-state index is 0.284. The molecule has 3 rings (SSSR count). The smallest absolute Gasteiger partial charge is 0.173 e. The second-order valence-electron chi connectivity index (χ2n) is 6.08. The molecular formula is C19H24N2OS2. The molecule has 1 aromatic carbocycles. The van der Waals surface area contributed by atoms with Gasteiger partial charge in [0.25, 0.3) is 0 Å². The first kappa shape index (κ1) is 17.4. The van der Waals surface area contributed by atoms with Gasteiger partial charge in [0.1, 0.15) is 0 Å². The van der Waals surface area contributed by atoms with Gasteiger partial charge in [0.05, 0.1) is 12.6 Å². The summed E-state index contributed by atoms with van der Waals surface area (Å²) in [6.07, 6.45) is 3.60. The zero-order chi connectivity index (χ0) is 16.8. The van der Waals surface area contributed by atoms with E-state index in [9.17, 15) is 0 Å². The van der Waals surface area contributed by atoms with Crippen LogP contribution in [0.15, 0.2) is 41.8 Å². The summed E-state index contributed by atoms with van der Waals surface area (Å²) in [7, 11) is 0. The standard InChI is InChI=1S/C19H24N2OS2/c1-2-15-7-9-16(10-8-15)20-19(23)21(13-17-5-3-11-22-17)14-18-6-4-12-24-18/h4,6-10,12,17H,2-3,5,11,13-14H2,1H3,(H,20,23)/t17-/m1/s1. The maximum absolute atomic E-state index is 5.81. The molecule has 24 heavy (non-hydrogen) atoms. The van der Waals surface area contributed by atoms with Crippen LogP contribution in [0.5, 0.6) is 0 Å². The van der Waals surface area contributed by atoms with Gasteiger partial charge in [-0.05, 0) is 60.6 Å². The Morgan fingerprint density at radius 3 is 2.79 bits per heavy atom. The average Bonchev–Trinajstić information content (AvgIpc) is 3.29. The van der Waals surface area contributed by atoms with E-state index < -0.39 is 0 Å². The fraction of sp³-hybridized carbons (Fsp3) is 0.421. The lowest BCUT2D eigenvalue weighted by atomic mass is 10.1. The molecule has 0 bridgehead atoms. The Kier molecular flexibility index (Phi) is 6.24. The number of nitrogens with zero attached hydrogens (tertiary/aromatic N) is 1. The first-order chi connectivity index (χ1) is 11.7. The molecule has 5 heteroatoms. The number of thiophene rings is 1. The van der Waals surface area contributed by atoms with Crippen molar-refractivity contribution in [3.8, 4) is 0 Å². The fourth-order valence-electron chi connectivity index (χ4n) is 2.87. The van der Waals surface area contributed by atoms with Gasteiger partial charge in [-0.2, -0.15) is 0 Å². The number of benzene rings is 1. The van der Waals surface area contributed by atoms with Gasteiger partial charge in [-0.1, -0.05) is 25.1 Å². The number of aryl methyl sites for hydroxylation is 1. The molecule has 0 aliphatic carbocycles. The summed E-state index contributed by atoms with van der Waals surface area (Å²) in [6.45, 7) is 4.71. The van der Waals surface area contributed by atoms with Crippen LogP contribution in [0.2, 0.25) is 0 Å². The first-order valence-electron chi connectivity index (χ1n) is 8.53. The predicted octanol–water partition coefficient (Wildman–Crippen LogP) is 4.69. The molecule has 0 unspecified atom stereocenters. The molecule has 1 saturated heterocycles. The molecule has 1 N–H and O–H groups in total. The molecule has 2 heterocycles. The van der Waals surface area contributed by atoms with Crippen molar-refractivity contribution < 1.29 is 4.74 Å². The Labute approximate surface area is 153 Å². The topological polar surface area (TPSA) is 24.5 Å². The number of thiocarbonyl (C=S) groups is 1. The normalized spacial score (nSPS) is 17.0. The van der Waals surface area contributed by atoms with Gasteiger partial charge in [0.15, 0.2) is 5.11 Å². The lowest BCUT2D eigenvalue weighted by Gasteiger charge is -2.28. The van der Waals surface area contributed by atoms with E-state index in [1.54, 1.807) is 11.3 Å². The second kappa shape index (κ2) is 8.60. The molecule has 2 aromatic rings. The van der Waals surface area contributed by atoms with E-state index in [1.807, 2.05) is 0 Å². The molecule has 1 aliphatic rings. The van der Waals surface area contributed by atoms with Gasteiger partial charge in [0.2, 0.25) is 0 Å². The molecule has 0 amide bonds. The Bertz CT molecular complexity index is 634. The van der Waals surface area contributed by atoms with Crippen molar-refractivity contribution in [1.82, 2.24) is 4.90 Å². The lowest BCUT2D eigenvalue weighted by molar-refractivity contribution is 0.0907. The summed E-state index contributed by atoms with van der Waals surface area (Å²) in [5.74, 6) is 0. The predicted molar refractivity (Wildman–Crippen MR) is 106 cm³/mol. The number of nitrogens with one attached hydrogen (secondary N) is 1. The summed E-state index contributed by atoms with van der Waals surface area (Å²) >= 11 is 7.46. The van der Waals surface area contributed by atoms with Gasteiger partial charge >= 0.3 is 0 Å². The van der Waals surface area contributed by atoms with Gasteiger partial charge < -0.3 is 15.0 Å². The highest BCUT2D eigenvalue weighted by molar-refractivity contribution is 7.80. The monoisotopic (exact) mass is 360 g/mol. The van der Waals surface area contributed by atoms with Crippen LogP contribution in [-0.4, -0.2) is 29.3 Å². The molecular weight excluding hydrogens is 336 g/mol. The number of ether oxygens (including phenoxy) is 1. The minimum Gasteiger partial charge on any atom is -0.376 e. The van der Waals surface area contributed by atoms with Crippen molar-refractivity contribution in [2.24, 2.45) is 0 Å². The van der Waals surface area contributed by atoms with E-state index in [0.717, 1.165) is 49.8 Å². The zero-order valence-electron chi connectivity index (χ0n) is 14.0. The van der Waals surface area contributed by atoms with E-state index in [4.69, 9.17) is 17.0 Å². The van der Waals surface area contributed by atoms with Crippen LogP contribution in [0.1, 0.15) is 30.2 Å². The molecule has 1 atom stereocenters. The largest absolute Gasteiger partial charge is 0.376 e. The molecule has 3 nitrogen and oxygen atoms in total. The molecule has 0 saturated carbocycles. The van der Waals surface area contributed by atoms with E-state index in [-0.39, 0.29) is 6.10 Å². The van der Waals surface area contributed by atoms with Crippen LogP contribution >= 0.6 is 23.6 Å². The Morgan fingerprint density at radius 1 is 1.33 bits per heavy atom. The van der Waals surface area contributed by atoms with Crippen LogP contribution in [0.25, 0.3) is 0 Å². The van der Waals surface area contributed by atoms with Gasteiger partial charge in [0, 0.05) is 23.7 Å². The number of hydrogen-bond acceptors (Lipinski definition) is 3. The molecule has 1 fully saturated rings. The van der Waals surface area contributed by atoms with Crippen LogP contribution in [0.3, 0.4) is 0 Å². The molecule has 1 aromatic heterocycles. The Hall–Kier alpha value is -1.43. The molecule has 0 spiro atoms. The van der Waals surface area contributed by atoms with Crippen molar-refractivity contribution in [3.05, 3.63) is 52.2 Å². The zero-order valence-corrected chi connectivity index (χ0v) is 15.7. The van der Waals surface area contributed by atoms with E-state index >= 15 is 0 Å². The summed E-state index contributed by atoms with van der Waals surface area (Å²) in [4.78, 5) is 3.55. The van der Waals surface area contributed by atoms with Gasteiger partial charge in [-0.15, -0.1) is 11.3 Å². The maximum atomic E-state index is 5.81. The van der Waals surface area contributed by atoms with Gasteiger partial charge in [-0.25, -0.2) is 0 Å². The Morgan fingerprint density at radius 2 is 2.17 bits per heavy atom. The highest BCUT2D eigenvalue weighted by Crippen LogP contribution is 2.19. The summed E-state index contributed by atoms with van der Waals surface area (Å²) < 4.78 is 5.81. The Balaban J connectivity index is 1.66. The average molecular weight is 361 g/mol. The molecule has 0 radical (unpaired) electrons. The summed E-state index contributed by atoms with van der Waals surface area (Å²) in [5, 5.41) is 6.26. The van der Waals surface area contributed by atoms with Crippen LogP contribution < -0.4 is 5.32 Å². The van der Waals surface area contributed by atoms with Crippen molar-refractivity contribution in [2.75, 3.05) is 18.5 Å². The number of anilines is 1. The lowest BCUT2D eigenvalue weighted by Crippen LogP contribution is -2.39. The van der Waals surface area contributed by atoms with Crippen molar-refractivity contribution in [3.63, 3.8) is 0 Å². The van der Waals surface area contributed by atoms with E-state index in [1.165, 1.54) is 10.4 Å². The number of hydrogen-bond donors (Lipinski definition) is 1. The molecule has 1 aliphatic heterocycles. The maximum Gasteiger partial charge on any atom is 0.173 e. The third-order valence-electron chi connectivity index (χ3n) is 4.28. The minimum atomic E-state index is 0.284. The third kappa shape index (κ3) is 4.79. The highest BCUT2D eigenvalue weighted by Gasteiger charge is 2.21. The van der Waals surface area contributed by atoms with Crippen LogP contribution in [-0.2, 0) is 17.7 Å². The fourth-order valence-corrected chi connectivity index (χ4v) is 3.85. The summed E-state index contributed by atoms with van der Waals surface area (Å²) in [5.41, 5.74) is 2.38. The van der Waals surface area contributed by atoms with Gasteiger partial charge in [-0.3, -0.25) is 0 Å². The van der Waals surface area contributed by atoms with Crippen molar-refractivity contribution >= 4 is 34.4 Å². The van der Waals surface area contributed by atoms with Crippen molar-refractivity contribution in [1.29, 1.82) is 0 Å². The highest BCUT2D eigenvalue weighted by atomic mass is 32.1. The van der Waals surface area contributed by atoms with E-state index in [0.29, 0.717) is 0 Å². The third-order valence-corrected chi connectivity index (χ3v) is 5.50. The SMILES string of the molecule is CCc1ccc(NC(=S)N(Cc2cccs2)C[C@H]2CCCO2)cc1. The van der Waals surface area contributed by atoms with Crippen LogP contribution in [0.4, 0.5) is 5.69 Å². The van der Waals surface area contributed by atoms with Crippen molar-refractivity contribution in [2.45, 2.75) is 38.8 Å². The molecule has 128 valence electrons. The summed E-state index contributed by atoms with van der Waals surface area (Å²) in [6, 6.07) is 12.7. The number of rotatable bonds is 6.